The standard InChI is InChI=1S/C20H29ClN4O3/c1-4-20(7-8-24(14-20)19(27)22-2)25-11-9-23(10-12-25)18(26)16-13-15(21)5-6-17(16)28-3/h5-6,13H,4,7-12,14H2,1-3H3,(H,22,27)/t20-/m1/s1. The SMILES string of the molecule is CC[C@@]1(N2CCN(C(=O)c3cc(Cl)ccc3OC)CC2)CCN(C(=O)NC)C1. The van der Waals surface area contributed by atoms with Crippen molar-refractivity contribution in [2.75, 3.05) is 53.4 Å². The van der Waals surface area contributed by atoms with Gasteiger partial charge in [0.05, 0.1) is 12.7 Å². The molecule has 0 aliphatic carbocycles. The van der Waals surface area contributed by atoms with Crippen LogP contribution in [0.5, 0.6) is 5.75 Å². The second-order valence-electron chi connectivity index (χ2n) is 7.43. The van der Waals surface area contributed by atoms with Gasteiger partial charge >= 0.3 is 6.03 Å². The second-order valence-corrected chi connectivity index (χ2v) is 7.86. The molecule has 0 radical (unpaired) electrons. The molecule has 1 aromatic rings. The van der Waals surface area contributed by atoms with E-state index in [0.717, 1.165) is 39.0 Å². The summed E-state index contributed by atoms with van der Waals surface area (Å²) in [5.74, 6) is 0.488. The maximum Gasteiger partial charge on any atom is 0.317 e. The lowest BCUT2D eigenvalue weighted by atomic mass is 9.92. The molecule has 3 rings (SSSR count). The van der Waals surface area contributed by atoms with E-state index < -0.39 is 0 Å². The van der Waals surface area contributed by atoms with Gasteiger partial charge in [-0.05, 0) is 31.0 Å². The van der Waals surface area contributed by atoms with Crippen LogP contribution in [0.3, 0.4) is 0 Å². The maximum atomic E-state index is 13.0. The summed E-state index contributed by atoms with van der Waals surface area (Å²) < 4.78 is 5.33. The molecule has 0 bridgehead atoms. The Morgan fingerprint density at radius 1 is 1.18 bits per heavy atom. The Hall–Kier alpha value is -1.99. The van der Waals surface area contributed by atoms with Gasteiger partial charge in [-0.25, -0.2) is 4.79 Å². The highest BCUT2D eigenvalue weighted by Gasteiger charge is 2.44. The number of benzene rings is 1. The summed E-state index contributed by atoms with van der Waals surface area (Å²) in [6, 6.07) is 5.10. The number of hydrogen-bond donors (Lipinski definition) is 1. The number of methoxy groups -OCH3 is 1. The Balaban J connectivity index is 1.66. The summed E-state index contributed by atoms with van der Waals surface area (Å²) in [7, 11) is 3.23. The van der Waals surface area contributed by atoms with Crippen LogP contribution >= 0.6 is 11.6 Å². The third kappa shape index (κ3) is 3.91. The van der Waals surface area contributed by atoms with Gasteiger partial charge in [0, 0.05) is 56.9 Å². The van der Waals surface area contributed by atoms with Crippen LogP contribution in [0, 0.1) is 0 Å². The molecule has 2 aliphatic rings. The van der Waals surface area contributed by atoms with Crippen LogP contribution in [0.2, 0.25) is 5.02 Å². The van der Waals surface area contributed by atoms with Crippen LogP contribution in [-0.4, -0.2) is 85.6 Å². The monoisotopic (exact) mass is 408 g/mol. The summed E-state index contributed by atoms with van der Waals surface area (Å²) in [5.41, 5.74) is 0.496. The fourth-order valence-electron chi connectivity index (χ4n) is 4.36. The lowest BCUT2D eigenvalue weighted by Crippen LogP contribution is -2.59. The molecule has 2 fully saturated rings. The van der Waals surface area contributed by atoms with Gasteiger partial charge in [-0.1, -0.05) is 18.5 Å². The first kappa shape index (κ1) is 20.7. The number of piperazine rings is 1. The van der Waals surface area contributed by atoms with Gasteiger partial charge in [0.1, 0.15) is 5.75 Å². The molecule has 1 atom stereocenters. The van der Waals surface area contributed by atoms with Crippen molar-refractivity contribution >= 4 is 23.5 Å². The van der Waals surface area contributed by atoms with E-state index in [2.05, 4.69) is 17.1 Å². The van der Waals surface area contributed by atoms with Crippen LogP contribution in [0.1, 0.15) is 30.1 Å². The minimum absolute atomic E-state index is 0.00457. The Bertz CT molecular complexity index is 736. The molecule has 8 heteroatoms. The summed E-state index contributed by atoms with van der Waals surface area (Å²) in [6.45, 7) is 6.58. The number of carbonyl (C=O) groups excluding carboxylic acids is 2. The van der Waals surface area contributed by atoms with Crippen molar-refractivity contribution in [1.29, 1.82) is 0 Å². The fraction of sp³-hybridized carbons (Fsp3) is 0.600. The van der Waals surface area contributed by atoms with Gasteiger partial charge in [0.2, 0.25) is 0 Å². The fourth-order valence-corrected chi connectivity index (χ4v) is 4.53. The largest absolute Gasteiger partial charge is 0.496 e. The van der Waals surface area contributed by atoms with E-state index in [4.69, 9.17) is 16.3 Å². The van der Waals surface area contributed by atoms with Crippen molar-refractivity contribution in [2.45, 2.75) is 25.3 Å². The molecule has 0 spiro atoms. The molecule has 2 heterocycles. The highest BCUT2D eigenvalue weighted by atomic mass is 35.5. The predicted octanol–water partition coefficient (Wildman–Crippen LogP) is 2.30. The van der Waals surface area contributed by atoms with E-state index in [1.165, 1.54) is 0 Å². The number of hydrogen-bond acceptors (Lipinski definition) is 4. The molecule has 1 N–H and O–H groups in total. The molecule has 0 aromatic heterocycles. The molecule has 154 valence electrons. The average Bonchev–Trinajstić information content (AvgIpc) is 3.18. The second kappa shape index (κ2) is 8.57. The number of nitrogens with zero attached hydrogens (tertiary/aromatic N) is 3. The Morgan fingerprint density at radius 3 is 2.50 bits per heavy atom. The summed E-state index contributed by atoms with van der Waals surface area (Å²) in [4.78, 5) is 31.2. The van der Waals surface area contributed by atoms with Gasteiger partial charge in [0.25, 0.3) is 5.91 Å². The van der Waals surface area contributed by atoms with Gasteiger partial charge < -0.3 is 19.9 Å². The number of amides is 3. The molecule has 0 unspecified atom stereocenters. The minimum atomic E-state index is -0.0528. The highest BCUT2D eigenvalue weighted by molar-refractivity contribution is 6.31. The van der Waals surface area contributed by atoms with Crippen LogP contribution in [0.4, 0.5) is 4.79 Å². The first-order chi connectivity index (χ1) is 13.4. The van der Waals surface area contributed by atoms with Crippen molar-refractivity contribution in [3.63, 3.8) is 0 Å². The van der Waals surface area contributed by atoms with E-state index in [1.54, 1.807) is 32.4 Å². The third-order valence-corrected chi connectivity index (χ3v) is 6.36. The first-order valence-electron chi connectivity index (χ1n) is 9.78. The molecule has 3 amide bonds. The van der Waals surface area contributed by atoms with Gasteiger partial charge in [-0.2, -0.15) is 0 Å². The molecular weight excluding hydrogens is 380 g/mol. The first-order valence-corrected chi connectivity index (χ1v) is 10.2. The zero-order chi connectivity index (χ0) is 20.3. The van der Waals surface area contributed by atoms with E-state index >= 15 is 0 Å². The molecule has 2 saturated heterocycles. The smallest absolute Gasteiger partial charge is 0.317 e. The normalized spacial score (nSPS) is 23.0. The van der Waals surface area contributed by atoms with Crippen molar-refractivity contribution in [1.82, 2.24) is 20.0 Å². The van der Waals surface area contributed by atoms with E-state index in [1.807, 2.05) is 9.80 Å². The third-order valence-electron chi connectivity index (χ3n) is 6.12. The Labute approximate surface area is 171 Å². The summed E-state index contributed by atoms with van der Waals surface area (Å²) >= 11 is 6.08. The van der Waals surface area contributed by atoms with Crippen molar-refractivity contribution in [2.24, 2.45) is 0 Å². The summed E-state index contributed by atoms with van der Waals surface area (Å²) in [5, 5.41) is 3.24. The summed E-state index contributed by atoms with van der Waals surface area (Å²) in [6.07, 6.45) is 1.95. The number of ether oxygens (including phenoxy) is 1. The molecule has 28 heavy (non-hydrogen) atoms. The van der Waals surface area contributed by atoms with Crippen LogP contribution in [0.15, 0.2) is 18.2 Å². The van der Waals surface area contributed by atoms with Crippen molar-refractivity contribution in [3.05, 3.63) is 28.8 Å². The Kier molecular flexibility index (Phi) is 6.35. The zero-order valence-corrected chi connectivity index (χ0v) is 17.6. The number of nitrogens with one attached hydrogen (secondary N) is 1. The molecule has 2 aliphatic heterocycles. The van der Waals surface area contributed by atoms with E-state index in [0.29, 0.717) is 29.4 Å². The van der Waals surface area contributed by atoms with Crippen LogP contribution in [-0.2, 0) is 0 Å². The molecule has 1 aromatic carbocycles. The molecular formula is C20H29ClN4O3. The van der Waals surface area contributed by atoms with E-state index in [-0.39, 0.29) is 17.5 Å². The topological polar surface area (TPSA) is 65.1 Å². The number of carbonyl (C=O) groups is 2. The predicted molar refractivity (Wildman–Crippen MR) is 109 cm³/mol. The zero-order valence-electron chi connectivity index (χ0n) is 16.8. The minimum Gasteiger partial charge on any atom is -0.496 e. The Morgan fingerprint density at radius 2 is 1.89 bits per heavy atom. The number of halogens is 1. The van der Waals surface area contributed by atoms with E-state index in [9.17, 15) is 9.59 Å². The van der Waals surface area contributed by atoms with Crippen LogP contribution < -0.4 is 10.1 Å². The molecule has 0 saturated carbocycles. The number of urea groups is 1. The maximum absolute atomic E-state index is 13.0. The number of rotatable bonds is 4. The lowest BCUT2D eigenvalue weighted by Gasteiger charge is -2.45. The highest BCUT2D eigenvalue weighted by Crippen LogP contribution is 2.33. The van der Waals surface area contributed by atoms with Crippen molar-refractivity contribution < 1.29 is 14.3 Å². The van der Waals surface area contributed by atoms with Gasteiger partial charge in [0.15, 0.2) is 0 Å². The quantitative estimate of drug-likeness (QED) is 0.830. The molecule has 7 nitrogen and oxygen atoms in total. The van der Waals surface area contributed by atoms with Gasteiger partial charge in [-0.3, -0.25) is 9.69 Å². The number of likely N-dealkylation sites (tertiary alicyclic amines) is 1. The van der Waals surface area contributed by atoms with Crippen LogP contribution in [0.25, 0.3) is 0 Å². The lowest BCUT2D eigenvalue weighted by molar-refractivity contribution is 0.0300. The van der Waals surface area contributed by atoms with Crippen molar-refractivity contribution in [3.8, 4) is 5.75 Å². The average molecular weight is 409 g/mol. The van der Waals surface area contributed by atoms with Gasteiger partial charge in [-0.15, -0.1) is 0 Å².